The number of aromatic nitrogens is 3. The number of hydrogen-bond donors (Lipinski definition) is 1. The maximum absolute atomic E-state index is 14.7. The van der Waals surface area contributed by atoms with Crippen molar-refractivity contribution < 1.29 is 37.3 Å². The van der Waals surface area contributed by atoms with Crippen molar-refractivity contribution in [1.29, 1.82) is 0 Å². The van der Waals surface area contributed by atoms with E-state index in [2.05, 4.69) is 37.0 Å². The summed E-state index contributed by atoms with van der Waals surface area (Å²) >= 11 is 0. The highest BCUT2D eigenvalue weighted by Gasteiger charge is 2.46. The smallest absolute Gasteiger partial charge is 0.264 e. The molecule has 1 unspecified atom stereocenters. The van der Waals surface area contributed by atoms with Gasteiger partial charge in [0.2, 0.25) is 17.7 Å². The third-order valence-corrected chi connectivity index (χ3v) is 13.6. The molecule has 0 radical (unpaired) electrons. The standard InChI is InChI=1S/C46H46F2N8O6/c1-25-41(26(2)62-51-25)27-9-12-35-34(23-27)49-43(37-7-4-8-40(58)54(37)30-10-11-32(47)33(48)24-30)55(35)29-17-19-52(20-18-29)28-15-21-53(22-16-28)36-6-3-5-31-42(36)46(61)56(45(31)60)38-13-14-39(57)50-44(38)59/h3,5-6,9-12,23-24,28-29,37-38H,4,7-8,13-22H2,1-2H3,(H,50,57,59)/t37-,38?/m0/s1. The van der Waals surface area contributed by atoms with Crippen LogP contribution in [0.25, 0.3) is 22.2 Å². The van der Waals surface area contributed by atoms with E-state index in [9.17, 15) is 32.8 Å². The fourth-order valence-electron chi connectivity index (χ4n) is 10.6. The number of halogens is 2. The molecule has 0 aliphatic carbocycles. The fraction of sp³-hybridized carbons (Fsp3) is 0.413. The highest BCUT2D eigenvalue weighted by Crippen LogP contribution is 2.42. The van der Waals surface area contributed by atoms with E-state index in [1.165, 1.54) is 6.07 Å². The van der Waals surface area contributed by atoms with Crippen LogP contribution in [0.1, 0.15) is 108 Å². The lowest BCUT2D eigenvalue weighted by Crippen LogP contribution is -2.54. The maximum atomic E-state index is 14.7. The molecule has 0 bridgehead atoms. The Morgan fingerprint density at radius 1 is 0.742 bits per heavy atom. The van der Waals surface area contributed by atoms with Crippen molar-refractivity contribution in [2.24, 2.45) is 0 Å². The van der Waals surface area contributed by atoms with Gasteiger partial charge in [-0.05, 0) is 101 Å². The van der Waals surface area contributed by atoms with Gasteiger partial charge in [0.1, 0.15) is 17.6 Å². The highest BCUT2D eigenvalue weighted by atomic mass is 19.2. The van der Waals surface area contributed by atoms with Crippen molar-refractivity contribution in [3.63, 3.8) is 0 Å². The predicted octanol–water partition coefficient (Wildman–Crippen LogP) is 6.55. The van der Waals surface area contributed by atoms with Crippen LogP contribution in [-0.4, -0.2) is 92.3 Å². The zero-order valence-electron chi connectivity index (χ0n) is 34.5. The van der Waals surface area contributed by atoms with E-state index >= 15 is 0 Å². The van der Waals surface area contributed by atoms with Crippen LogP contribution in [0.4, 0.5) is 20.2 Å². The molecular weight excluding hydrogens is 799 g/mol. The molecule has 4 fully saturated rings. The number of amides is 5. The van der Waals surface area contributed by atoms with Crippen LogP contribution in [-0.2, 0) is 14.4 Å². The van der Waals surface area contributed by atoms with Crippen LogP contribution in [0.15, 0.2) is 59.1 Å². The van der Waals surface area contributed by atoms with E-state index in [1.807, 2.05) is 26.0 Å². The monoisotopic (exact) mass is 844 g/mol. The Labute approximate surface area is 355 Å². The average molecular weight is 845 g/mol. The summed E-state index contributed by atoms with van der Waals surface area (Å²) in [5.74, 6) is -2.78. The molecule has 3 aromatic carbocycles. The molecule has 5 aliphatic heterocycles. The van der Waals surface area contributed by atoms with Gasteiger partial charge in [0.25, 0.3) is 11.8 Å². The second kappa shape index (κ2) is 15.6. The van der Waals surface area contributed by atoms with Crippen molar-refractivity contribution in [2.75, 3.05) is 36.0 Å². The molecule has 16 heteroatoms. The summed E-state index contributed by atoms with van der Waals surface area (Å²) in [6.45, 7) is 6.80. The lowest BCUT2D eigenvalue weighted by molar-refractivity contribution is -0.136. The number of likely N-dealkylation sites (tertiary alicyclic amines) is 1. The normalized spacial score (nSPS) is 22.0. The number of rotatable bonds is 7. The van der Waals surface area contributed by atoms with Gasteiger partial charge in [0.15, 0.2) is 11.6 Å². The van der Waals surface area contributed by atoms with Gasteiger partial charge in [-0.3, -0.25) is 34.2 Å². The SMILES string of the molecule is Cc1noc(C)c1-c1ccc2c(c1)nc([C@@H]1CCCC(=O)N1c1ccc(F)c(F)c1)n2C1CCN(C2CCN(c3cccc4c3C(=O)N(C3CCC(=O)NC3=O)C4=O)CC2)CC1. The van der Waals surface area contributed by atoms with E-state index in [4.69, 9.17) is 9.51 Å². The number of hydrogen-bond acceptors (Lipinski definition) is 10. The van der Waals surface area contributed by atoms with Crippen LogP contribution in [0.2, 0.25) is 0 Å². The van der Waals surface area contributed by atoms with Crippen molar-refractivity contribution in [3.05, 3.63) is 94.6 Å². The molecule has 7 heterocycles. The minimum atomic E-state index is -1.02. The highest BCUT2D eigenvalue weighted by molar-refractivity contribution is 6.25. The molecule has 10 rings (SSSR count). The first-order valence-electron chi connectivity index (χ1n) is 21.5. The van der Waals surface area contributed by atoms with Crippen LogP contribution < -0.4 is 15.1 Å². The van der Waals surface area contributed by atoms with E-state index in [0.29, 0.717) is 61.1 Å². The topological polar surface area (TPSA) is 154 Å². The van der Waals surface area contributed by atoms with Crippen molar-refractivity contribution in [3.8, 4) is 11.1 Å². The molecule has 1 N–H and O–H groups in total. The number of aryl methyl sites for hydroxylation is 2. The van der Waals surface area contributed by atoms with E-state index in [1.54, 1.807) is 17.0 Å². The van der Waals surface area contributed by atoms with Gasteiger partial charge in [-0.25, -0.2) is 13.8 Å². The van der Waals surface area contributed by atoms with Crippen LogP contribution in [0.3, 0.4) is 0 Å². The number of carbonyl (C=O) groups excluding carboxylic acids is 5. The maximum Gasteiger partial charge on any atom is 0.264 e. The summed E-state index contributed by atoms with van der Waals surface area (Å²) < 4.78 is 36.5. The Hall–Kier alpha value is -6.29. The molecule has 5 aliphatic rings. The van der Waals surface area contributed by atoms with Gasteiger partial charge < -0.3 is 23.8 Å². The molecule has 14 nitrogen and oxygen atoms in total. The predicted molar refractivity (Wildman–Crippen MR) is 223 cm³/mol. The van der Waals surface area contributed by atoms with Crippen molar-refractivity contribution in [2.45, 2.75) is 95.8 Å². The number of imidazole rings is 1. The van der Waals surface area contributed by atoms with Crippen LogP contribution in [0, 0.1) is 25.5 Å². The van der Waals surface area contributed by atoms with Crippen molar-refractivity contribution in [1.82, 2.24) is 29.8 Å². The summed E-state index contributed by atoms with van der Waals surface area (Å²) in [4.78, 5) is 78.0. The summed E-state index contributed by atoms with van der Waals surface area (Å²) in [6.07, 6.45) is 5.08. The fourth-order valence-corrected chi connectivity index (χ4v) is 10.6. The van der Waals surface area contributed by atoms with Gasteiger partial charge in [-0.1, -0.05) is 17.3 Å². The first-order chi connectivity index (χ1) is 30.0. The molecular formula is C46H46F2N8O6. The lowest BCUT2D eigenvalue weighted by Gasteiger charge is -2.43. The number of anilines is 2. The van der Waals surface area contributed by atoms with Gasteiger partial charge in [-0.15, -0.1) is 0 Å². The first kappa shape index (κ1) is 39.8. The number of nitrogens with zero attached hydrogens (tertiary/aromatic N) is 7. The number of carbonyl (C=O) groups is 5. The number of imide groups is 2. The van der Waals surface area contributed by atoms with Gasteiger partial charge in [0.05, 0.1) is 39.6 Å². The number of nitrogens with one attached hydrogen (secondary N) is 1. The van der Waals surface area contributed by atoms with Crippen LogP contribution >= 0.6 is 0 Å². The number of fused-ring (bicyclic) bond motifs is 2. The minimum Gasteiger partial charge on any atom is -0.371 e. The molecule has 320 valence electrons. The molecule has 62 heavy (non-hydrogen) atoms. The van der Waals surface area contributed by atoms with Gasteiger partial charge in [-0.2, -0.15) is 0 Å². The molecule has 2 aromatic heterocycles. The van der Waals surface area contributed by atoms with Crippen molar-refractivity contribution >= 4 is 51.9 Å². The Kier molecular flexibility index (Phi) is 9.99. The summed E-state index contributed by atoms with van der Waals surface area (Å²) in [5, 5.41) is 6.42. The van der Waals surface area contributed by atoms with Gasteiger partial charge in [0, 0.05) is 68.4 Å². The third kappa shape index (κ3) is 6.66. The zero-order valence-corrected chi connectivity index (χ0v) is 34.5. The van der Waals surface area contributed by atoms with E-state index in [-0.39, 0.29) is 30.4 Å². The Balaban J connectivity index is 0.887. The molecule has 0 saturated carbocycles. The Bertz CT molecular complexity index is 2660. The third-order valence-electron chi connectivity index (χ3n) is 13.6. The first-order valence-corrected chi connectivity index (χ1v) is 21.5. The second-order valence-electron chi connectivity index (χ2n) is 17.1. The molecule has 2 atom stereocenters. The summed E-state index contributed by atoms with van der Waals surface area (Å²) in [7, 11) is 0. The minimum absolute atomic E-state index is 0.0582. The molecule has 5 amide bonds. The molecule has 5 aromatic rings. The average Bonchev–Trinajstić information content (AvgIpc) is 3.91. The lowest BCUT2D eigenvalue weighted by atomic mass is 9.95. The largest absolute Gasteiger partial charge is 0.371 e. The Morgan fingerprint density at radius 3 is 2.24 bits per heavy atom. The second-order valence-corrected chi connectivity index (χ2v) is 17.1. The molecule has 4 saturated heterocycles. The summed E-state index contributed by atoms with van der Waals surface area (Å²) in [6, 6.07) is 13.9. The van der Waals surface area contributed by atoms with E-state index < -0.39 is 47.3 Å². The number of piperidine rings is 4. The van der Waals surface area contributed by atoms with Crippen LogP contribution in [0.5, 0.6) is 0 Å². The quantitative estimate of drug-likeness (QED) is 0.179. The zero-order chi connectivity index (χ0) is 43.0. The van der Waals surface area contributed by atoms with Gasteiger partial charge >= 0.3 is 0 Å². The number of benzene rings is 3. The Morgan fingerprint density at radius 2 is 1.52 bits per heavy atom. The summed E-state index contributed by atoms with van der Waals surface area (Å²) in [5.41, 5.74) is 5.88. The molecule has 0 spiro atoms. The van der Waals surface area contributed by atoms with E-state index in [0.717, 1.165) is 89.5 Å².